The molecule has 19 heavy (non-hydrogen) atoms. The first-order valence-corrected chi connectivity index (χ1v) is 5.45. The molecule has 2 rings (SSSR count). The number of hydrogen-bond acceptors (Lipinski definition) is 6. The number of nitro benzene ring substituents is 1. The lowest BCUT2D eigenvalue weighted by Crippen LogP contribution is -2.07. The average Bonchev–Trinajstić information content (AvgIpc) is 2.89. The van der Waals surface area contributed by atoms with E-state index in [-0.39, 0.29) is 18.1 Å². The number of hydrogen-bond donors (Lipinski definition) is 0. The molecule has 8 heteroatoms. The second kappa shape index (κ2) is 5.25. The van der Waals surface area contributed by atoms with Crippen LogP contribution in [0.1, 0.15) is 17.5 Å². The molecule has 0 aliphatic rings. The molecule has 0 bridgehead atoms. The molecule has 0 aliphatic carbocycles. The first kappa shape index (κ1) is 12.7. The van der Waals surface area contributed by atoms with Gasteiger partial charge in [-0.3, -0.25) is 10.1 Å². The van der Waals surface area contributed by atoms with E-state index in [4.69, 9.17) is 4.74 Å². The molecule has 1 heterocycles. The van der Waals surface area contributed by atoms with E-state index < -0.39 is 10.9 Å². The fourth-order valence-corrected chi connectivity index (χ4v) is 1.40. The van der Waals surface area contributed by atoms with Gasteiger partial charge < -0.3 is 4.74 Å². The van der Waals surface area contributed by atoms with E-state index in [1.807, 2.05) is 0 Å². The van der Waals surface area contributed by atoms with Gasteiger partial charge in [0.2, 0.25) is 0 Å². The van der Waals surface area contributed by atoms with Crippen molar-refractivity contribution < 1.29 is 14.5 Å². The summed E-state index contributed by atoms with van der Waals surface area (Å²) in [6.45, 7) is 1.93. The second-order valence-electron chi connectivity index (χ2n) is 3.51. The minimum Gasteiger partial charge on any atom is -0.460 e. The summed E-state index contributed by atoms with van der Waals surface area (Å²) < 4.78 is 6.10. The zero-order valence-electron chi connectivity index (χ0n) is 10.0. The second-order valence-corrected chi connectivity index (χ2v) is 3.51. The molecule has 0 N–H and O–H groups in total. The van der Waals surface area contributed by atoms with Crippen LogP contribution in [0.25, 0.3) is 5.69 Å². The third-order valence-corrected chi connectivity index (χ3v) is 2.27. The third-order valence-electron chi connectivity index (χ3n) is 2.27. The Hall–Kier alpha value is -2.77. The highest BCUT2D eigenvalue weighted by Crippen LogP contribution is 2.14. The van der Waals surface area contributed by atoms with Gasteiger partial charge in [0.25, 0.3) is 11.5 Å². The number of aromatic nitrogens is 3. The van der Waals surface area contributed by atoms with Gasteiger partial charge in [0.05, 0.1) is 17.2 Å². The normalized spacial score (nSPS) is 10.2. The van der Waals surface area contributed by atoms with Crippen molar-refractivity contribution in [3.63, 3.8) is 0 Å². The van der Waals surface area contributed by atoms with Crippen LogP contribution in [-0.2, 0) is 4.74 Å². The zero-order chi connectivity index (χ0) is 13.8. The van der Waals surface area contributed by atoms with Crippen molar-refractivity contribution in [2.75, 3.05) is 6.61 Å². The SMILES string of the molecule is CCOC(=O)c1ncn(-c2ccc([N+](=O)[O-])cc2)n1. The van der Waals surface area contributed by atoms with Crippen molar-refractivity contribution in [1.29, 1.82) is 0 Å². The number of carbonyl (C=O) groups excluding carboxylic acids is 1. The lowest BCUT2D eigenvalue weighted by Gasteiger charge is -1.99. The van der Waals surface area contributed by atoms with Crippen molar-refractivity contribution in [3.8, 4) is 5.69 Å². The molecule has 98 valence electrons. The maximum Gasteiger partial charge on any atom is 0.378 e. The predicted octanol–water partition coefficient (Wildman–Crippen LogP) is 1.35. The van der Waals surface area contributed by atoms with Gasteiger partial charge in [-0.05, 0) is 19.1 Å². The van der Waals surface area contributed by atoms with Crippen molar-refractivity contribution in [3.05, 3.63) is 46.5 Å². The smallest absolute Gasteiger partial charge is 0.378 e. The number of esters is 1. The van der Waals surface area contributed by atoms with Crippen LogP contribution in [0.4, 0.5) is 5.69 Å². The van der Waals surface area contributed by atoms with Gasteiger partial charge >= 0.3 is 5.97 Å². The number of benzene rings is 1. The van der Waals surface area contributed by atoms with E-state index in [9.17, 15) is 14.9 Å². The van der Waals surface area contributed by atoms with Gasteiger partial charge in [0, 0.05) is 12.1 Å². The Labute approximate surface area is 107 Å². The first-order valence-electron chi connectivity index (χ1n) is 5.45. The molecule has 8 nitrogen and oxygen atoms in total. The van der Waals surface area contributed by atoms with Crippen molar-refractivity contribution in [1.82, 2.24) is 14.8 Å². The number of carbonyl (C=O) groups is 1. The van der Waals surface area contributed by atoms with Crippen LogP contribution in [0.5, 0.6) is 0 Å². The van der Waals surface area contributed by atoms with Crippen LogP contribution in [0.3, 0.4) is 0 Å². The fourth-order valence-electron chi connectivity index (χ4n) is 1.40. The van der Waals surface area contributed by atoms with Crippen LogP contribution in [0, 0.1) is 10.1 Å². The summed E-state index contributed by atoms with van der Waals surface area (Å²) in [5.74, 6) is -0.664. The van der Waals surface area contributed by atoms with Gasteiger partial charge in [-0.25, -0.2) is 14.5 Å². The summed E-state index contributed by atoms with van der Waals surface area (Å²) in [6, 6.07) is 5.73. The van der Waals surface area contributed by atoms with E-state index in [1.54, 1.807) is 6.92 Å². The van der Waals surface area contributed by atoms with Crippen LogP contribution in [0.2, 0.25) is 0 Å². The summed E-state index contributed by atoms with van der Waals surface area (Å²) in [7, 11) is 0. The van der Waals surface area contributed by atoms with Crippen LogP contribution in [-0.4, -0.2) is 32.3 Å². The van der Waals surface area contributed by atoms with Gasteiger partial charge in [-0.15, -0.1) is 5.10 Å². The van der Waals surface area contributed by atoms with E-state index in [0.29, 0.717) is 5.69 Å². The summed E-state index contributed by atoms with van der Waals surface area (Å²) in [4.78, 5) is 25.2. The first-order chi connectivity index (χ1) is 9.11. The molecule has 0 saturated carbocycles. The number of rotatable bonds is 4. The maximum absolute atomic E-state index is 11.4. The van der Waals surface area contributed by atoms with Crippen molar-refractivity contribution in [2.24, 2.45) is 0 Å². The monoisotopic (exact) mass is 262 g/mol. The number of nitrogens with zero attached hydrogens (tertiary/aromatic N) is 4. The summed E-state index contributed by atoms with van der Waals surface area (Å²) >= 11 is 0. The molecular weight excluding hydrogens is 252 g/mol. The highest BCUT2D eigenvalue weighted by atomic mass is 16.6. The summed E-state index contributed by atoms with van der Waals surface area (Å²) in [6.07, 6.45) is 1.34. The molecular formula is C11H10N4O4. The highest BCUT2D eigenvalue weighted by molar-refractivity contribution is 5.84. The quantitative estimate of drug-likeness (QED) is 0.468. The van der Waals surface area contributed by atoms with Crippen LogP contribution in [0.15, 0.2) is 30.6 Å². The average molecular weight is 262 g/mol. The van der Waals surface area contributed by atoms with Gasteiger partial charge in [-0.1, -0.05) is 0 Å². The topological polar surface area (TPSA) is 100 Å². The lowest BCUT2D eigenvalue weighted by atomic mass is 10.3. The van der Waals surface area contributed by atoms with Gasteiger partial charge in [-0.2, -0.15) is 0 Å². The Morgan fingerprint density at radius 1 is 1.42 bits per heavy atom. The molecule has 0 saturated heterocycles. The standard InChI is InChI=1S/C11H10N4O4/c1-2-19-11(16)10-12-7-14(13-10)8-3-5-9(6-4-8)15(17)18/h3-7H,2H2,1H3. The van der Waals surface area contributed by atoms with E-state index in [2.05, 4.69) is 10.1 Å². The fraction of sp³-hybridized carbons (Fsp3) is 0.182. The number of nitro groups is 1. The zero-order valence-corrected chi connectivity index (χ0v) is 10.0. The summed E-state index contributed by atoms with van der Waals surface area (Å²) in [5.41, 5.74) is 0.545. The Morgan fingerprint density at radius 3 is 2.68 bits per heavy atom. The molecule has 0 radical (unpaired) electrons. The predicted molar refractivity (Wildman–Crippen MR) is 64.0 cm³/mol. The molecule has 0 amide bonds. The molecule has 0 aliphatic heterocycles. The summed E-state index contributed by atoms with van der Waals surface area (Å²) in [5, 5.41) is 14.5. The largest absolute Gasteiger partial charge is 0.460 e. The third kappa shape index (κ3) is 2.73. The number of non-ortho nitro benzene ring substituents is 1. The van der Waals surface area contributed by atoms with Crippen molar-refractivity contribution >= 4 is 11.7 Å². The Kier molecular flexibility index (Phi) is 3.51. The van der Waals surface area contributed by atoms with E-state index in [0.717, 1.165) is 0 Å². The van der Waals surface area contributed by atoms with Crippen LogP contribution >= 0.6 is 0 Å². The Bertz CT molecular complexity index is 605. The minimum atomic E-state index is -0.608. The molecule has 0 atom stereocenters. The molecule has 2 aromatic rings. The number of ether oxygens (including phenoxy) is 1. The van der Waals surface area contributed by atoms with Gasteiger partial charge in [0.15, 0.2) is 0 Å². The van der Waals surface area contributed by atoms with E-state index in [1.165, 1.54) is 35.3 Å². The lowest BCUT2D eigenvalue weighted by molar-refractivity contribution is -0.384. The maximum atomic E-state index is 11.4. The highest BCUT2D eigenvalue weighted by Gasteiger charge is 2.13. The molecule has 1 aromatic heterocycles. The minimum absolute atomic E-state index is 0.0190. The van der Waals surface area contributed by atoms with Gasteiger partial charge in [0.1, 0.15) is 6.33 Å². The van der Waals surface area contributed by atoms with Crippen LogP contribution < -0.4 is 0 Å². The molecule has 0 spiro atoms. The van der Waals surface area contributed by atoms with E-state index >= 15 is 0 Å². The Balaban J connectivity index is 2.23. The molecule has 0 unspecified atom stereocenters. The molecule has 1 aromatic carbocycles. The Morgan fingerprint density at radius 2 is 2.11 bits per heavy atom. The van der Waals surface area contributed by atoms with Crippen molar-refractivity contribution in [2.45, 2.75) is 6.92 Å². The molecule has 0 fully saturated rings.